The molecule has 1 nitrogen and oxygen atoms in total. The molecule has 1 aliphatic rings. The van der Waals surface area contributed by atoms with E-state index in [-0.39, 0.29) is 0 Å². The third-order valence-corrected chi connectivity index (χ3v) is 5.99. The van der Waals surface area contributed by atoms with Gasteiger partial charge < -0.3 is 4.74 Å². The Morgan fingerprint density at radius 3 is 2.44 bits per heavy atom. The number of rotatable bonds is 9. The summed E-state index contributed by atoms with van der Waals surface area (Å²) in [4.78, 5) is 0. The molecule has 0 spiro atoms. The molecular weight excluding hydrogens is 328 g/mol. The molecule has 0 amide bonds. The van der Waals surface area contributed by atoms with Crippen LogP contribution in [0.3, 0.4) is 0 Å². The van der Waals surface area contributed by atoms with E-state index in [0.29, 0.717) is 6.61 Å². The van der Waals surface area contributed by atoms with Crippen LogP contribution in [-0.2, 0) is 6.61 Å². The van der Waals surface area contributed by atoms with E-state index in [1.54, 1.807) is 0 Å². The van der Waals surface area contributed by atoms with Crippen LogP contribution in [0, 0.1) is 11.8 Å². The highest BCUT2D eigenvalue weighted by Crippen LogP contribution is 2.36. The molecule has 2 unspecified atom stereocenters. The molecule has 2 aromatic carbocycles. The summed E-state index contributed by atoms with van der Waals surface area (Å²) >= 11 is 0. The van der Waals surface area contributed by atoms with E-state index in [1.165, 1.54) is 61.6 Å². The fourth-order valence-corrected chi connectivity index (χ4v) is 4.09. The molecule has 27 heavy (non-hydrogen) atoms. The molecule has 0 saturated heterocycles. The van der Waals surface area contributed by atoms with Crippen molar-refractivity contribution in [3.63, 3.8) is 0 Å². The van der Waals surface area contributed by atoms with E-state index < -0.39 is 0 Å². The second kappa shape index (κ2) is 10.3. The highest BCUT2D eigenvalue weighted by atomic mass is 16.5. The Morgan fingerprint density at radius 2 is 1.78 bits per heavy atom. The van der Waals surface area contributed by atoms with Crippen molar-refractivity contribution >= 4 is 5.57 Å². The number of hydrogen-bond acceptors (Lipinski definition) is 1. The third-order valence-electron chi connectivity index (χ3n) is 5.99. The van der Waals surface area contributed by atoms with Crippen molar-refractivity contribution in [1.82, 2.24) is 0 Å². The zero-order valence-corrected chi connectivity index (χ0v) is 17.0. The second-order valence-corrected chi connectivity index (χ2v) is 8.04. The van der Waals surface area contributed by atoms with Crippen molar-refractivity contribution in [2.24, 2.45) is 11.8 Å². The van der Waals surface area contributed by atoms with Crippen molar-refractivity contribution in [3.8, 4) is 5.75 Å². The molecule has 0 N–H and O–H groups in total. The summed E-state index contributed by atoms with van der Waals surface area (Å²) in [5, 5.41) is 0. The minimum atomic E-state index is 0.625. The van der Waals surface area contributed by atoms with Crippen LogP contribution < -0.4 is 4.74 Å². The molecule has 1 heteroatoms. The minimum absolute atomic E-state index is 0.625. The van der Waals surface area contributed by atoms with Gasteiger partial charge in [-0.15, -0.1) is 0 Å². The lowest BCUT2D eigenvalue weighted by Crippen LogP contribution is -2.14. The van der Waals surface area contributed by atoms with Gasteiger partial charge in [-0.25, -0.2) is 0 Å². The van der Waals surface area contributed by atoms with Gasteiger partial charge in [0.1, 0.15) is 12.4 Å². The third kappa shape index (κ3) is 5.99. The van der Waals surface area contributed by atoms with Crippen LogP contribution >= 0.6 is 0 Å². The van der Waals surface area contributed by atoms with Gasteiger partial charge in [0.25, 0.3) is 0 Å². The number of ether oxygens (including phenoxy) is 1. The fraction of sp³-hybridized carbons (Fsp3) is 0.462. The minimum Gasteiger partial charge on any atom is -0.489 e. The molecule has 2 atom stereocenters. The Kier molecular flexibility index (Phi) is 7.56. The predicted octanol–water partition coefficient (Wildman–Crippen LogP) is 7.67. The maximum Gasteiger partial charge on any atom is 0.119 e. The quantitative estimate of drug-likeness (QED) is 0.416. The van der Waals surface area contributed by atoms with Crippen molar-refractivity contribution in [1.29, 1.82) is 0 Å². The summed E-state index contributed by atoms with van der Waals surface area (Å²) in [6.07, 6.45) is 11.8. The first-order valence-corrected chi connectivity index (χ1v) is 10.7. The number of unbranched alkanes of at least 4 members (excludes halogenated alkanes) is 2. The summed E-state index contributed by atoms with van der Waals surface area (Å²) in [5.41, 5.74) is 4.08. The molecule has 0 aromatic heterocycles. The lowest BCUT2D eigenvalue weighted by molar-refractivity contribution is 0.306. The average molecular weight is 363 g/mol. The molecule has 0 radical (unpaired) electrons. The van der Waals surface area contributed by atoms with Gasteiger partial charge in [-0.2, -0.15) is 0 Å². The smallest absolute Gasteiger partial charge is 0.119 e. The molecule has 0 heterocycles. The highest BCUT2D eigenvalue weighted by Gasteiger charge is 2.20. The molecule has 0 fully saturated rings. The van der Waals surface area contributed by atoms with Crippen LogP contribution in [0.2, 0.25) is 0 Å². The summed E-state index contributed by atoms with van der Waals surface area (Å²) in [6.45, 7) is 5.37. The van der Waals surface area contributed by atoms with Gasteiger partial charge in [0.05, 0.1) is 0 Å². The Balaban J connectivity index is 1.50. The monoisotopic (exact) mass is 362 g/mol. The zero-order valence-electron chi connectivity index (χ0n) is 17.0. The van der Waals surface area contributed by atoms with E-state index >= 15 is 0 Å². The lowest BCUT2D eigenvalue weighted by Gasteiger charge is -2.27. The first kappa shape index (κ1) is 19.7. The topological polar surface area (TPSA) is 9.23 Å². The van der Waals surface area contributed by atoms with Crippen LogP contribution in [0.5, 0.6) is 5.75 Å². The standard InChI is InChI=1S/C26H34O/c1-3-4-6-9-21(2)23-12-14-24(15-13-23)25-16-18-26(19-17-25)27-20-22-10-7-5-8-11-22/h5,7-8,10-11,14,16-19,21,23H,3-4,6,9,12-13,15,20H2,1-2H3. The van der Waals surface area contributed by atoms with Crippen LogP contribution in [0.25, 0.3) is 5.57 Å². The molecule has 1 aliphatic carbocycles. The molecule has 0 saturated carbocycles. The van der Waals surface area contributed by atoms with Crippen LogP contribution in [-0.4, -0.2) is 0 Å². The maximum absolute atomic E-state index is 5.91. The second-order valence-electron chi connectivity index (χ2n) is 8.04. The van der Waals surface area contributed by atoms with E-state index in [2.05, 4.69) is 68.5 Å². The van der Waals surface area contributed by atoms with Gasteiger partial charge in [-0.3, -0.25) is 0 Å². The predicted molar refractivity (Wildman–Crippen MR) is 116 cm³/mol. The molecular formula is C26H34O. The van der Waals surface area contributed by atoms with Crippen LogP contribution in [0.15, 0.2) is 60.7 Å². The van der Waals surface area contributed by atoms with E-state index in [1.807, 2.05) is 6.07 Å². The average Bonchev–Trinajstić information content (AvgIpc) is 2.74. The SMILES string of the molecule is CCCCCC(C)C1CC=C(c2ccc(OCc3ccccc3)cc2)CC1. The number of allylic oxidation sites excluding steroid dienone is 2. The summed E-state index contributed by atoms with van der Waals surface area (Å²) in [7, 11) is 0. The highest BCUT2D eigenvalue weighted by molar-refractivity contribution is 5.66. The van der Waals surface area contributed by atoms with Crippen molar-refractivity contribution in [2.45, 2.75) is 65.4 Å². The van der Waals surface area contributed by atoms with Gasteiger partial charge in [0.2, 0.25) is 0 Å². The zero-order chi connectivity index (χ0) is 18.9. The summed E-state index contributed by atoms with van der Waals surface area (Å²) in [6, 6.07) is 19.0. The molecule has 2 aromatic rings. The largest absolute Gasteiger partial charge is 0.489 e. The van der Waals surface area contributed by atoms with Gasteiger partial charge in [0.15, 0.2) is 0 Å². The molecule has 144 valence electrons. The molecule has 3 rings (SSSR count). The van der Waals surface area contributed by atoms with Crippen molar-refractivity contribution < 1.29 is 4.74 Å². The fourth-order valence-electron chi connectivity index (χ4n) is 4.09. The van der Waals surface area contributed by atoms with Crippen molar-refractivity contribution in [2.75, 3.05) is 0 Å². The summed E-state index contributed by atoms with van der Waals surface area (Å²) in [5.74, 6) is 2.68. The van der Waals surface area contributed by atoms with Crippen LogP contribution in [0.4, 0.5) is 0 Å². The van der Waals surface area contributed by atoms with Gasteiger partial charge in [-0.05, 0) is 59.9 Å². The Bertz CT molecular complexity index is 699. The van der Waals surface area contributed by atoms with Gasteiger partial charge in [0, 0.05) is 0 Å². The Morgan fingerprint density at radius 1 is 1.00 bits per heavy atom. The van der Waals surface area contributed by atoms with E-state index in [0.717, 1.165) is 17.6 Å². The Labute approximate surface area is 165 Å². The molecule has 0 bridgehead atoms. The Hall–Kier alpha value is -2.02. The normalized spacial score (nSPS) is 18.0. The number of hydrogen-bond donors (Lipinski definition) is 0. The van der Waals surface area contributed by atoms with Gasteiger partial charge in [-0.1, -0.05) is 88.1 Å². The lowest BCUT2D eigenvalue weighted by atomic mass is 9.78. The maximum atomic E-state index is 5.91. The van der Waals surface area contributed by atoms with E-state index in [4.69, 9.17) is 4.74 Å². The van der Waals surface area contributed by atoms with Crippen molar-refractivity contribution in [3.05, 3.63) is 71.8 Å². The number of benzene rings is 2. The first-order valence-electron chi connectivity index (χ1n) is 10.7. The van der Waals surface area contributed by atoms with E-state index in [9.17, 15) is 0 Å². The van der Waals surface area contributed by atoms with Crippen LogP contribution in [0.1, 0.15) is 69.9 Å². The molecule has 0 aliphatic heterocycles. The van der Waals surface area contributed by atoms with Gasteiger partial charge >= 0.3 is 0 Å². The summed E-state index contributed by atoms with van der Waals surface area (Å²) < 4.78 is 5.91. The first-order chi connectivity index (χ1) is 13.3.